The lowest BCUT2D eigenvalue weighted by atomic mass is 10.1. The highest BCUT2D eigenvalue weighted by Crippen LogP contribution is 2.36. The molecule has 0 heterocycles. The van der Waals surface area contributed by atoms with Gasteiger partial charge in [0, 0.05) is 5.75 Å². The maximum absolute atomic E-state index is 6.21. The fraction of sp³-hybridized carbons (Fsp3) is 0.538. The van der Waals surface area contributed by atoms with E-state index in [-0.39, 0.29) is 0 Å². The van der Waals surface area contributed by atoms with Crippen LogP contribution in [0.15, 0.2) is 12.1 Å². The van der Waals surface area contributed by atoms with Crippen molar-refractivity contribution in [2.75, 3.05) is 31.8 Å². The van der Waals surface area contributed by atoms with Gasteiger partial charge in [0.2, 0.25) is 0 Å². The molecule has 0 amide bonds. The molecule has 0 aliphatic carbocycles. The normalized spacial score (nSPS) is 10.4. The molecule has 0 aromatic heterocycles. The quantitative estimate of drug-likeness (QED) is 0.747. The molecule has 0 atom stereocenters. The summed E-state index contributed by atoms with van der Waals surface area (Å²) in [7, 11) is 1.62. The van der Waals surface area contributed by atoms with Gasteiger partial charge in [-0.3, -0.25) is 0 Å². The molecule has 0 saturated carbocycles. The highest BCUT2D eigenvalue weighted by molar-refractivity contribution is 7.99. The van der Waals surface area contributed by atoms with Crippen molar-refractivity contribution in [3.05, 3.63) is 22.7 Å². The molecule has 102 valence electrons. The first-order valence-corrected chi connectivity index (χ1v) is 7.53. The summed E-state index contributed by atoms with van der Waals surface area (Å²) >= 11 is 8.04. The van der Waals surface area contributed by atoms with Crippen LogP contribution in [0, 0.1) is 0 Å². The van der Waals surface area contributed by atoms with Gasteiger partial charge in [0.1, 0.15) is 0 Å². The molecule has 0 saturated heterocycles. The lowest BCUT2D eigenvalue weighted by molar-refractivity contribution is 0.313. The maximum Gasteiger partial charge on any atom is 0.179 e. The van der Waals surface area contributed by atoms with Crippen LogP contribution in [-0.4, -0.2) is 31.8 Å². The number of hydrogen-bond acceptors (Lipinski definition) is 4. The number of rotatable bonds is 8. The van der Waals surface area contributed by atoms with Crippen molar-refractivity contribution in [2.24, 2.45) is 5.73 Å². The minimum Gasteiger partial charge on any atom is -0.493 e. The highest BCUT2D eigenvalue weighted by Gasteiger charge is 2.11. The molecule has 18 heavy (non-hydrogen) atoms. The molecular formula is C13H20ClNO2S. The Balaban J connectivity index is 2.76. The zero-order valence-electron chi connectivity index (χ0n) is 10.9. The van der Waals surface area contributed by atoms with Crippen LogP contribution in [0.2, 0.25) is 5.02 Å². The molecular weight excluding hydrogens is 270 g/mol. The monoisotopic (exact) mass is 289 g/mol. The van der Waals surface area contributed by atoms with E-state index in [0.717, 1.165) is 23.5 Å². The van der Waals surface area contributed by atoms with Gasteiger partial charge in [-0.25, -0.2) is 0 Å². The minimum absolute atomic E-state index is 0.583. The highest BCUT2D eigenvalue weighted by atomic mass is 35.5. The third-order valence-corrected chi connectivity index (χ3v) is 3.54. The van der Waals surface area contributed by atoms with Gasteiger partial charge >= 0.3 is 0 Å². The summed E-state index contributed by atoms with van der Waals surface area (Å²) in [5.74, 6) is 3.33. The van der Waals surface area contributed by atoms with Crippen LogP contribution in [-0.2, 0) is 6.42 Å². The van der Waals surface area contributed by atoms with Gasteiger partial charge in [0.05, 0.1) is 18.7 Å². The molecule has 0 fully saturated rings. The summed E-state index contributed by atoms with van der Waals surface area (Å²) in [6.45, 7) is 3.34. The van der Waals surface area contributed by atoms with E-state index in [0.29, 0.717) is 29.7 Å². The van der Waals surface area contributed by atoms with E-state index >= 15 is 0 Å². The minimum atomic E-state index is 0.583. The third-order valence-electron chi connectivity index (χ3n) is 2.40. The first-order chi connectivity index (χ1) is 8.72. The summed E-state index contributed by atoms with van der Waals surface area (Å²) in [6, 6.07) is 3.82. The average Bonchev–Trinajstić information content (AvgIpc) is 2.36. The van der Waals surface area contributed by atoms with Crippen LogP contribution in [0.1, 0.15) is 12.5 Å². The van der Waals surface area contributed by atoms with E-state index in [2.05, 4.69) is 6.92 Å². The van der Waals surface area contributed by atoms with Crippen LogP contribution < -0.4 is 15.2 Å². The predicted octanol–water partition coefficient (Wildman–Crippen LogP) is 2.98. The lowest BCUT2D eigenvalue weighted by Crippen LogP contribution is -2.05. The van der Waals surface area contributed by atoms with Crippen molar-refractivity contribution in [3.8, 4) is 11.5 Å². The predicted molar refractivity (Wildman–Crippen MR) is 79.3 cm³/mol. The van der Waals surface area contributed by atoms with Gasteiger partial charge in [-0.2, -0.15) is 11.8 Å². The average molecular weight is 290 g/mol. The second kappa shape index (κ2) is 8.51. The number of ether oxygens (including phenoxy) is 2. The number of methoxy groups -OCH3 is 1. The number of halogens is 1. The Morgan fingerprint density at radius 3 is 2.78 bits per heavy atom. The molecule has 0 unspecified atom stereocenters. The van der Waals surface area contributed by atoms with Crippen LogP contribution >= 0.6 is 23.4 Å². The Morgan fingerprint density at radius 1 is 1.39 bits per heavy atom. The summed E-state index contributed by atoms with van der Waals surface area (Å²) in [4.78, 5) is 0. The molecule has 5 heteroatoms. The van der Waals surface area contributed by atoms with E-state index < -0.39 is 0 Å². The van der Waals surface area contributed by atoms with Crippen molar-refractivity contribution >= 4 is 23.4 Å². The van der Waals surface area contributed by atoms with Gasteiger partial charge in [0.15, 0.2) is 11.5 Å². The second-order valence-corrected chi connectivity index (χ2v) is 5.49. The zero-order valence-corrected chi connectivity index (χ0v) is 12.4. The maximum atomic E-state index is 6.21. The Labute approximate surface area is 118 Å². The second-order valence-electron chi connectivity index (χ2n) is 3.69. The van der Waals surface area contributed by atoms with Gasteiger partial charge in [-0.05, 0) is 36.4 Å². The van der Waals surface area contributed by atoms with Crippen molar-refractivity contribution in [1.82, 2.24) is 0 Å². The van der Waals surface area contributed by atoms with Gasteiger partial charge in [0.25, 0.3) is 0 Å². The fourth-order valence-corrected chi connectivity index (χ4v) is 2.35. The largest absolute Gasteiger partial charge is 0.493 e. The van der Waals surface area contributed by atoms with E-state index in [4.69, 9.17) is 26.8 Å². The van der Waals surface area contributed by atoms with Gasteiger partial charge in [-0.1, -0.05) is 18.5 Å². The van der Waals surface area contributed by atoms with Crippen LogP contribution in [0.25, 0.3) is 0 Å². The summed E-state index contributed by atoms with van der Waals surface area (Å²) in [5.41, 5.74) is 6.60. The van der Waals surface area contributed by atoms with E-state index in [1.165, 1.54) is 0 Å². The molecule has 1 aromatic carbocycles. The van der Waals surface area contributed by atoms with Crippen molar-refractivity contribution in [3.63, 3.8) is 0 Å². The SMILES string of the molecule is CCSCCOc1c(Cl)cc(CCN)cc1OC. The molecule has 1 aromatic rings. The Hall–Kier alpha value is -0.580. The Morgan fingerprint density at radius 2 is 2.17 bits per heavy atom. The molecule has 2 N–H and O–H groups in total. The summed E-state index contributed by atoms with van der Waals surface area (Å²) in [6.07, 6.45) is 0.780. The molecule has 0 aliphatic heterocycles. The third kappa shape index (κ3) is 4.59. The summed E-state index contributed by atoms with van der Waals surface area (Å²) < 4.78 is 11.0. The summed E-state index contributed by atoms with van der Waals surface area (Å²) in [5, 5.41) is 0.583. The van der Waals surface area contributed by atoms with Crippen LogP contribution in [0.3, 0.4) is 0 Å². The molecule has 0 spiro atoms. The fourth-order valence-electron chi connectivity index (χ4n) is 1.57. The van der Waals surface area contributed by atoms with E-state index in [1.807, 2.05) is 23.9 Å². The molecule has 1 rings (SSSR count). The number of hydrogen-bond donors (Lipinski definition) is 1. The molecule has 0 bridgehead atoms. The molecule has 0 aliphatic rings. The van der Waals surface area contributed by atoms with Crippen molar-refractivity contribution < 1.29 is 9.47 Å². The Bertz CT molecular complexity index is 374. The first kappa shape index (κ1) is 15.5. The number of nitrogens with two attached hydrogens (primary N) is 1. The molecule has 3 nitrogen and oxygen atoms in total. The van der Waals surface area contributed by atoms with Crippen molar-refractivity contribution in [2.45, 2.75) is 13.3 Å². The number of benzene rings is 1. The van der Waals surface area contributed by atoms with Crippen molar-refractivity contribution in [1.29, 1.82) is 0 Å². The van der Waals surface area contributed by atoms with E-state index in [1.54, 1.807) is 7.11 Å². The zero-order chi connectivity index (χ0) is 13.4. The van der Waals surface area contributed by atoms with Crippen LogP contribution in [0.5, 0.6) is 11.5 Å². The number of thioether (sulfide) groups is 1. The van der Waals surface area contributed by atoms with Crippen LogP contribution in [0.4, 0.5) is 0 Å². The lowest BCUT2D eigenvalue weighted by Gasteiger charge is -2.13. The smallest absolute Gasteiger partial charge is 0.179 e. The van der Waals surface area contributed by atoms with E-state index in [9.17, 15) is 0 Å². The van der Waals surface area contributed by atoms with Gasteiger partial charge in [-0.15, -0.1) is 0 Å². The van der Waals surface area contributed by atoms with Gasteiger partial charge < -0.3 is 15.2 Å². The standard InChI is InChI=1S/C13H20ClNO2S/c1-3-18-7-6-17-13-11(14)8-10(4-5-15)9-12(13)16-2/h8-9H,3-7,15H2,1-2H3. The Kier molecular flexibility index (Phi) is 7.32. The first-order valence-electron chi connectivity index (χ1n) is 6.00. The molecule has 0 radical (unpaired) electrons. The topological polar surface area (TPSA) is 44.5 Å².